The van der Waals surface area contributed by atoms with Crippen LogP contribution in [0.4, 0.5) is 0 Å². The first-order valence-corrected chi connectivity index (χ1v) is 4.17. The molecule has 0 aliphatic carbocycles. The Hall–Kier alpha value is -1.24. The molecule has 0 radical (unpaired) electrons. The van der Waals surface area contributed by atoms with E-state index in [1.807, 2.05) is 6.92 Å². The molecule has 0 unspecified atom stereocenters. The van der Waals surface area contributed by atoms with Gasteiger partial charge in [0.2, 0.25) is 0 Å². The molecule has 12 heavy (non-hydrogen) atoms. The second-order valence-corrected chi connectivity index (χ2v) is 3.13. The van der Waals surface area contributed by atoms with Gasteiger partial charge in [-0.1, -0.05) is 24.3 Å². The van der Waals surface area contributed by atoms with Gasteiger partial charge in [0.25, 0.3) is 0 Å². The zero-order valence-corrected chi connectivity index (χ0v) is 7.42. The number of ether oxygens (including phenoxy) is 1. The summed E-state index contributed by atoms with van der Waals surface area (Å²) in [6, 6.07) is 8.39. The number of benzene rings is 1. The van der Waals surface area contributed by atoms with E-state index in [1.54, 1.807) is 0 Å². The third kappa shape index (κ3) is 1.02. The molecule has 0 fully saturated rings. The van der Waals surface area contributed by atoms with Crippen molar-refractivity contribution in [3.8, 4) is 0 Å². The lowest BCUT2D eigenvalue weighted by molar-refractivity contribution is 0.197. The fraction of sp³-hybridized carbons (Fsp3) is 0.273. The molecule has 0 saturated heterocycles. The van der Waals surface area contributed by atoms with Crippen LogP contribution in [0.15, 0.2) is 30.0 Å². The van der Waals surface area contributed by atoms with Crippen LogP contribution in [-0.2, 0) is 11.3 Å². The highest BCUT2D eigenvalue weighted by molar-refractivity contribution is 5.69. The van der Waals surface area contributed by atoms with Crippen molar-refractivity contribution in [3.63, 3.8) is 0 Å². The van der Waals surface area contributed by atoms with E-state index >= 15 is 0 Å². The smallest absolute Gasteiger partial charge is 0.113 e. The van der Waals surface area contributed by atoms with Crippen molar-refractivity contribution in [2.45, 2.75) is 20.5 Å². The second kappa shape index (κ2) is 2.67. The Kier molecular flexibility index (Phi) is 1.65. The van der Waals surface area contributed by atoms with Crippen molar-refractivity contribution in [1.82, 2.24) is 0 Å². The number of hydrogen-bond acceptors (Lipinski definition) is 1. The molecule has 0 bridgehead atoms. The molecule has 1 aromatic carbocycles. The zero-order valence-electron chi connectivity index (χ0n) is 7.42. The number of allylic oxidation sites excluding steroid dienone is 2. The maximum Gasteiger partial charge on any atom is 0.113 e. The van der Waals surface area contributed by atoms with Crippen LogP contribution in [0, 0.1) is 0 Å². The summed E-state index contributed by atoms with van der Waals surface area (Å²) in [6.45, 7) is 4.85. The van der Waals surface area contributed by atoms with Crippen LogP contribution in [-0.4, -0.2) is 0 Å². The maximum absolute atomic E-state index is 5.50. The summed E-state index contributed by atoms with van der Waals surface area (Å²) >= 11 is 0. The van der Waals surface area contributed by atoms with Gasteiger partial charge in [0, 0.05) is 0 Å². The van der Waals surface area contributed by atoms with Gasteiger partial charge in [0.05, 0.1) is 5.76 Å². The van der Waals surface area contributed by atoms with E-state index in [0.29, 0.717) is 0 Å². The monoisotopic (exact) mass is 160 g/mol. The lowest BCUT2D eigenvalue weighted by atomic mass is 9.99. The Morgan fingerprint density at radius 2 is 1.92 bits per heavy atom. The molecule has 62 valence electrons. The molecular weight excluding hydrogens is 148 g/mol. The quantitative estimate of drug-likeness (QED) is 0.567. The van der Waals surface area contributed by atoms with Crippen LogP contribution in [0.3, 0.4) is 0 Å². The van der Waals surface area contributed by atoms with Crippen LogP contribution in [0.1, 0.15) is 25.0 Å². The molecule has 0 amide bonds. The summed E-state index contributed by atoms with van der Waals surface area (Å²) in [7, 11) is 0. The molecule has 1 aromatic rings. The largest absolute Gasteiger partial charge is 0.493 e. The topological polar surface area (TPSA) is 9.23 Å². The Morgan fingerprint density at radius 3 is 2.75 bits per heavy atom. The van der Waals surface area contributed by atoms with E-state index in [9.17, 15) is 0 Å². The Balaban J connectivity index is 2.59. The predicted molar refractivity (Wildman–Crippen MR) is 49.5 cm³/mol. The molecule has 0 spiro atoms. The summed E-state index contributed by atoms with van der Waals surface area (Å²) in [5.74, 6) is 1.05. The molecule has 1 aliphatic rings. The van der Waals surface area contributed by atoms with Crippen molar-refractivity contribution < 1.29 is 4.74 Å². The minimum atomic E-state index is 0.722. The van der Waals surface area contributed by atoms with Crippen LogP contribution >= 0.6 is 0 Å². The molecular formula is C11H12O. The van der Waals surface area contributed by atoms with Crippen LogP contribution in [0.2, 0.25) is 0 Å². The highest BCUT2D eigenvalue weighted by Gasteiger charge is 2.12. The molecule has 0 atom stereocenters. The van der Waals surface area contributed by atoms with Gasteiger partial charge in [-0.2, -0.15) is 0 Å². The average molecular weight is 160 g/mol. The minimum Gasteiger partial charge on any atom is -0.493 e. The van der Waals surface area contributed by atoms with E-state index < -0.39 is 0 Å². The van der Waals surface area contributed by atoms with Gasteiger partial charge in [-0.05, 0) is 30.5 Å². The lowest BCUT2D eigenvalue weighted by Crippen LogP contribution is -2.03. The van der Waals surface area contributed by atoms with Gasteiger partial charge in [-0.3, -0.25) is 0 Å². The SMILES string of the molecule is CC1=C(C)c2ccccc2CO1. The van der Waals surface area contributed by atoms with Crippen LogP contribution in [0.25, 0.3) is 5.57 Å². The van der Waals surface area contributed by atoms with Crippen molar-refractivity contribution >= 4 is 5.57 Å². The summed E-state index contributed by atoms with van der Waals surface area (Å²) in [6.07, 6.45) is 0. The molecule has 0 N–H and O–H groups in total. The first-order chi connectivity index (χ1) is 5.79. The summed E-state index contributed by atoms with van der Waals surface area (Å²) in [5, 5.41) is 0. The molecule has 0 saturated carbocycles. The molecule has 1 aliphatic heterocycles. The summed E-state index contributed by atoms with van der Waals surface area (Å²) in [5.41, 5.74) is 3.89. The van der Waals surface area contributed by atoms with Crippen LogP contribution < -0.4 is 0 Å². The Labute approximate surface area is 72.7 Å². The Bertz CT molecular complexity index is 337. The van der Waals surface area contributed by atoms with E-state index in [1.165, 1.54) is 16.7 Å². The Morgan fingerprint density at radius 1 is 1.17 bits per heavy atom. The normalized spacial score (nSPS) is 15.5. The first kappa shape index (κ1) is 7.41. The van der Waals surface area contributed by atoms with Crippen molar-refractivity contribution in [2.24, 2.45) is 0 Å². The molecule has 1 heterocycles. The molecule has 1 heteroatoms. The predicted octanol–water partition coefficient (Wildman–Crippen LogP) is 2.97. The van der Waals surface area contributed by atoms with Gasteiger partial charge in [0.1, 0.15) is 6.61 Å². The molecule has 2 rings (SSSR count). The number of hydrogen-bond donors (Lipinski definition) is 0. The van der Waals surface area contributed by atoms with Gasteiger partial charge in [0.15, 0.2) is 0 Å². The van der Waals surface area contributed by atoms with Crippen LogP contribution in [0.5, 0.6) is 0 Å². The minimum absolute atomic E-state index is 0.722. The van der Waals surface area contributed by atoms with E-state index in [4.69, 9.17) is 4.74 Å². The fourth-order valence-electron chi connectivity index (χ4n) is 1.50. The average Bonchev–Trinajstić information content (AvgIpc) is 2.12. The lowest BCUT2D eigenvalue weighted by Gasteiger charge is -2.19. The van der Waals surface area contributed by atoms with E-state index in [2.05, 4.69) is 31.2 Å². The van der Waals surface area contributed by atoms with Gasteiger partial charge in [-0.25, -0.2) is 0 Å². The summed E-state index contributed by atoms with van der Waals surface area (Å²) < 4.78 is 5.50. The molecule has 1 nitrogen and oxygen atoms in total. The van der Waals surface area contributed by atoms with Gasteiger partial charge < -0.3 is 4.74 Å². The van der Waals surface area contributed by atoms with Gasteiger partial charge >= 0.3 is 0 Å². The molecule has 0 aromatic heterocycles. The van der Waals surface area contributed by atoms with Crippen molar-refractivity contribution in [2.75, 3.05) is 0 Å². The van der Waals surface area contributed by atoms with Crippen molar-refractivity contribution in [3.05, 3.63) is 41.2 Å². The summed E-state index contributed by atoms with van der Waals surface area (Å²) in [4.78, 5) is 0. The third-order valence-corrected chi connectivity index (χ3v) is 2.39. The maximum atomic E-state index is 5.50. The third-order valence-electron chi connectivity index (χ3n) is 2.39. The second-order valence-electron chi connectivity index (χ2n) is 3.13. The standard InChI is InChI=1S/C11H12O/c1-8-9(2)12-7-10-5-3-4-6-11(8)10/h3-6H,7H2,1-2H3. The first-order valence-electron chi connectivity index (χ1n) is 4.17. The number of rotatable bonds is 0. The number of fused-ring (bicyclic) bond motifs is 1. The highest BCUT2D eigenvalue weighted by Crippen LogP contribution is 2.28. The van der Waals surface area contributed by atoms with E-state index in [-0.39, 0.29) is 0 Å². The highest BCUT2D eigenvalue weighted by atomic mass is 16.5. The fourth-order valence-corrected chi connectivity index (χ4v) is 1.50. The van der Waals surface area contributed by atoms with Crippen molar-refractivity contribution in [1.29, 1.82) is 0 Å². The zero-order chi connectivity index (χ0) is 8.55. The van der Waals surface area contributed by atoms with Gasteiger partial charge in [-0.15, -0.1) is 0 Å². The van der Waals surface area contributed by atoms with E-state index in [0.717, 1.165) is 12.4 Å².